The van der Waals surface area contributed by atoms with Crippen molar-refractivity contribution in [1.29, 1.82) is 0 Å². The van der Waals surface area contributed by atoms with Gasteiger partial charge in [-0.3, -0.25) is 9.48 Å². The molecule has 0 fully saturated rings. The molecular weight excluding hydrogens is 419 g/mol. The topological polar surface area (TPSA) is 56.1 Å². The zero-order chi connectivity index (χ0) is 23.0. The van der Waals surface area contributed by atoms with E-state index in [1.807, 2.05) is 24.3 Å². The van der Waals surface area contributed by atoms with Gasteiger partial charge in [0.15, 0.2) is 5.69 Å². The second-order valence-electron chi connectivity index (χ2n) is 8.31. The van der Waals surface area contributed by atoms with Crippen LogP contribution in [0.1, 0.15) is 58.3 Å². The molecular formula is C24H24F3N3O2. The summed E-state index contributed by atoms with van der Waals surface area (Å²) in [5.74, 6) is 0.578. The van der Waals surface area contributed by atoms with Crippen LogP contribution in [0.3, 0.4) is 0 Å². The molecule has 1 aliphatic rings. The van der Waals surface area contributed by atoms with Gasteiger partial charge < -0.3 is 10.1 Å². The highest BCUT2D eigenvalue weighted by Gasteiger charge is 2.38. The Bertz CT molecular complexity index is 1150. The first-order chi connectivity index (χ1) is 15.2. The molecule has 0 spiro atoms. The Morgan fingerprint density at radius 2 is 1.91 bits per heavy atom. The molecule has 1 atom stereocenters. The zero-order valence-corrected chi connectivity index (χ0v) is 18.0. The SMILES string of the molecule is COc1ccccc1Cn1nc2c(c1CC(C)C)C(c1cccc(C(F)(F)F)c1)NC2=O. The molecule has 2 heterocycles. The maximum atomic E-state index is 13.3. The Kier molecular flexibility index (Phi) is 5.71. The number of amides is 1. The molecule has 1 aromatic heterocycles. The first kappa shape index (κ1) is 21.9. The van der Waals surface area contributed by atoms with E-state index in [1.165, 1.54) is 6.07 Å². The number of halogens is 3. The van der Waals surface area contributed by atoms with Gasteiger partial charge in [-0.25, -0.2) is 0 Å². The summed E-state index contributed by atoms with van der Waals surface area (Å²) >= 11 is 0. The highest BCUT2D eigenvalue weighted by Crippen LogP contribution is 2.37. The number of hydrogen-bond acceptors (Lipinski definition) is 3. The van der Waals surface area contributed by atoms with E-state index in [9.17, 15) is 18.0 Å². The third-order valence-electron chi connectivity index (χ3n) is 5.54. The number of aromatic nitrogens is 2. The van der Waals surface area contributed by atoms with Crippen LogP contribution in [0.2, 0.25) is 0 Å². The van der Waals surface area contributed by atoms with Crippen molar-refractivity contribution in [2.24, 2.45) is 5.92 Å². The van der Waals surface area contributed by atoms with Gasteiger partial charge in [-0.15, -0.1) is 0 Å². The molecule has 0 bridgehead atoms. The monoisotopic (exact) mass is 443 g/mol. The van der Waals surface area contributed by atoms with Gasteiger partial charge >= 0.3 is 6.18 Å². The molecule has 32 heavy (non-hydrogen) atoms. The first-order valence-corrected chi connectivity index (χ1v) is 10.4. The summed E-state index contributed by atoms with van der Waals surface area (Å²) in [6.07, 6.45) is -3.84. The molecule has 5 nitrogen and oxygen atoms in total. The third-order valence-corrected chi connectivity index (χ3v) is 5.54. The molecule has 8 heteroatoms. The summed E-state index contributed by atoms with van der Waals surface area (Å²) < 4.78 is 47.1. The number of methoxy groups -OCH3 is 1. The first-order valence-electron chi connectivity index (χ1n) is 10.4. The number of fused-ring (bicyclic) bond motifs is 1. The van der Waals surface area contributed by atoms with E-state index >= 15 is 0 Å². The van der Waals surface area contributed by atoms with Crippen molar-refractivity contribution in [3.05, 3.63) is 82.2 Å². The van der Waals surface area contributed by atoms with Gasteiger partial charge in [-0.05, 0) is 36.1 Å². The number of rotatable bonds is 6. The number of alkyl halides is 3. The van der Waals surface area contributed by atoms with Crippen molar-refractivity contribution in [3.8, 4) is 5.75 Å². The molecule has 0 saturated carbocycles. The zero-order valence-electron chi connectivity index (χ0n) is 18.0. The summed E-state index contributed by atoms with van der Waals surface area (Å²) in [7, 11) is 1.59. The highest BCUT2D eigenvalue weighted by molar-refractivity contribution is 5.98. The third kappa shape index (κ3) is 4.09. The summed E-state index contributed by atoms with van der Waals surface area (Å²) in [5.41, 5.74) is 2.29. The van der Waals surface area contributed by atoms with Gasteiger partial charge in [0.05, 0.1) is 25.3 Å². The van der Waals surface area contributed by atoms with Crippen LogP contribution in [0, 0.1) is 5.92 Å². The standard InChI is InChI=1S/C24H24F3N3O2/c1-14(2)11-18-20-21(15-8-6-9-17(12-15)24(25,26)27)28-23(31)22(20)29-30(18)13-16-7-4-5-10-19(16)32-3/h4-10,12,14,21H,11,13H2,1-3H3,(H,28,31). The number of hydrogen-bond donors (Lipinski definition) is 1. The number of carbonyl (C=O) groups is 1. The van der Waals surface area contributed by atoms with Crippen LogP contribution in [0.5, 0.6) is 5.75 Å². The summed E-state index contributed by atoms with van der Waals surface area (Å²) in [5, 5.41) is 7.38. The summed E-state index contributed by atoms with van der Waals surface area (Å²) in [6.45, 7) is 4.49. The van der Waals surface area contributed by atoms with Crippen molar-refractivity contribution < 1.29 is 22.7 Å². The Hall–Kier alpha value is -3.29. The van der Waals surface area contributed by atoms with E-state index in [0.29, 0.717) is 29.8 Å². The minimum absolute atomic E-state index is 0.255. The Labute approximate surface area is 184 Å². The predicted octanol–water partition coefficient (Wildman–Crippen LogP) is 4.99. The van der Waals surface area contributed by atoms with Crippen LogP contribution in [-0.2, 0) is 19.1 Å². The van der Waals surface area contributed by atoms with E-state index in [0.717, 1.165) is 23.4 Å². The molecule has 1 amide bonds. The lowest BCUT2D eigenvalue weighted by Gasteiger charge is -2.19. The van der Waals surface area contributed by atoms with Crippen molar-refractivity contribution >= 4 is 5.91 Å². The molecule has 0 saturated heterocycles. The molecule has 0 aliphatic carbocycles. The fourth-order valence-corrected chi connectivity index (χ4v) is 4.13. The summed E-state index contributed by atoms with van der Waals surface area (Å²) in [6, 6.07) is 12.0. The van der Waals surface area contributed by atoms with Crippen molar-refractivity contribution in [2.75, 3.05) is 7.11 Å². The van der Waals surface area contributed by atoms with Gasteiger partial charge in [0, 0.05) is 16.8 Å². The van der Waals surface area contributed by atoms with E-state index < -0.39 is 17.8 Å². The van der Waals surface area contributed by atoms with Crippen LogP contribution in [-0.4, -0.2) is 22.8 Å². The lowest BCUT2D eigenvalue weighted by molar-refractivity contribution is -0.137. The molecule has 1 unspecified atom stereocenters. The Balaban J connectivity index is 1.81. The van der Waals surface area contributed by atoms with E-state index in [-0.39, 0.29) is 17.5 Å². The van der Waals surface area contributed by atoms with Crippen LogP contribution < -0.4 is 10.1 Å². The second-order valence-corrected chi connectivity index (χ2v) is 8.31. The fraction of sp³-hybridized carbons (Fsp3) is 0.333. The highest BCUT2D eigenvalue weighted by atomic mass is 19.4. The van der Waals surface area contributed by atoms with Gasteiger partial charge in [-0.2, -0.15) is 18.3 Å². The second kappa shape index (κ2) is 8.33. The average Bonchev–Trinajstić information content (AvgIpc) is 3.25. The van der Waals surface area contributed by atoms with E-state index in [1.54, 1.807) is 17.9 Å². The van der Waals surface area contributed by atoms with Gasteiger partial charge in [0.25, 0.3) is 5.91 Å². The maximum Gasteiger partial charge on any atom is 0.416 e. The molecule has 0 radical (unpaired) electrons. The lowest BCUT2D eigenvalue weighted by Crippen LogP contribution is -2.23. The lowest BCUT2D eigenvalue weighted by atomic mass is 9.94. The largest absolute Gasteiger partial charge is 0.496 e. The number of nitrogens with zero attached hydrogens (tertiary/aromatic N) is 2. The quantitative estimate of drug-likeness (QED) is 0.584. The maximum absolute atomic E-state index is 13.3. The average molecular weight is 443 g/mol. The van der Waals surface area contributed by atoms with Crippen molar-refractivity contribution in [3.63, 3.8) is 0 Å². The molecule has 1 N–H and O–H groups in total. The number of nitrogens with one attached hydrogen (secondary N) is 1. The molecule has 1 aliphatic heterocycles. The normalized spacial score (nSPS) is 15.7. The predicted molar refractivity (Wildman–Crippen MR) is 114 cm³/mol. The molecule has 2 aromatic carbocycles. The number of benzene rings is 2. The van der Waals surface area contributed by atoms with Crippen LogP contribution in [0.4, 0.5) is 13.2 Å². The number of ether oxygens (including phenoxy) is 1. The van der Waals surface area contributed by atoms with E-state index in [2.05, 4.69) is 24.3 Å². The van der Waals surface area contributed by atoms with Gasteiger partial charge in [0.2, 0.25) is 0 Å². The van der Waals surface area contributed by atoms with E-state index in [4.69, 9.17) is 4.74 Å². The smallest absolute Gasteiger partial charge is 0.416 e. The molecule has 168 valence electrons. The van der Waals surface area contributed by atoms with Crippen molar-refractivity contribution in [2.45, 2.75) is 39.0 Å². The number of para-hydroxylation sites is 1. The minimum atomic E-state index is -4.46. The Morgan fingerprint density at radius 1 is 1.16 bits per heavy atom. The van der Waals surface area contributed by atoms with Crippen molar-refractivity contribution in [1.82, 2.24) is 15.1 Å². The summed E-state index contributed by atoms with van der Waals surface area (Å²) in [4.78, 5) is 12.7. The fourth-order valence-electron chi connectivity index (χ4n) is 4.13. The molecule has 4 rings (SSSR count). The van der Waals surface area contributed by atoms with Crippen LogP contribution >= 0.6 is 0 Å². The van der Waals surface area contributed by atoms with Crippen LogP contribution in [0.15, 0.2) is 48.5 Å². The Morgan fingerprint density at radius 3 is 2.59 bits per heavy atom. The number of carbonyl (C=O) groups excluding carboxylic acids is 1. The minimum Gasteiger partial charge on any atom is -0.496 e. The van der Waals surface area contributed by atoms with Gasteiger partial charge in [0.1, 0.15) is 5.75 Å². The van der Waals surface area contributed by atoms with Crippen LogP contribution in [0.25, 0.3) is 0 Å². The van der Waals surface area contributed by atoms with Gasteiger partial charge in [-0.1, -0.05) is 44.2 Å². The molecule has 3 aromatic rings.